The van der Waals surface area contributed by atoms with E-state index in [4.69, 9.17) is 4.42 Å². The molecular weight excluding hydrogens is 337 g/mol. The second-order valence-corrected chi connectivity index (χ2v) is 5.66. The predicted octanol–water partition coefficient (Wildman–Crippen LogP) is 3.95. The first-order valence-electron chi connectivity index (χ1n) is 7.56. The third-order valence-electron chi connectivity index (χ3n) is 3.60. The van der Waals surface area contributed by atoms with Gasteiger partial charge >= 0.3 is 6.36 Å². The Kier molecular flexibility index (Phi) is 5.73. The smallest absolute Gasteiger partial charge is 0.465 e. The summed E-state index contributed by atoms with van der Waals surface area (Å²) in [5.74, 6) is 0.911. The maximum absolute atomic E-state index is 12.3. The number of anilines is 1. The molecule has 1 heterocycles. The lowest BCUT2D eigenvalue weighted by Gasteiger charge is -2.23. The van der Waals surface area contributed by atoms with E-state index in [1.165, 1.54) is 12.1 Å². The number of likely N-dealkylation sites (N-methyl/N-ethyl adjacent to an activating group) is 1. The summed E-state index contributed by atoms with van der Waals surface area (Å²) in [6.07, 6.45) is -4.74. The Morgan fingerprint density at radius 2 is 1.88 bits per heavy atom. The average molecular weight is 356 g/mol. The van der Waals surface area contributed by atoms with Crippen LogP contribution in [0.2, 0.25) is 0 Å². The van der Waals surface area contributed by atoms with E-state index >= 15 is 0 Å². The van der Waals surface area contributed by atoms with Gasteiger partial charge in [0, 0.05) is 5.69 Å². The largest absolute Gasteiger partial charge is 0.573 e. The van der Waals surface area contributed by atoms with Gasteiger partial charge in [-0.15, -0.1) is 13.2 Å². The molecule has 0 spiro atoms. The molecule has 0 aliphatic heterocycles. The lowest BCUT2D eigenvalue weighted by molar-refractivity contribution is -0.274. The molecule has 0 fully saturated rings. The summed E-state index contributed by atoms with van der Waals surface area (Å²) in [4.78, 5) is 14.1. The van der Waals surface area contributed by atoms with Crippen molar-refractivity contribution in [3.8, 4) is 5.75 Å². The molecule has 0 saturated carbocycles. The van der Waals surface area contributed by atoms with Gasteiger partial charge in [-0.3, -0.25) is 9.69 Å². The van der Waals surface area contributed by atoms with Crippen LogP contribution in [0, 0.1) is 6.92 Å². The van der Waals surface area contributed by atoms with E-state index in [9.17, 15) is 18.0 Å². The molecule has 0 aliphatic carbocycles. The van der Waals surface area contributed by atoms with Crippen molar-refractivity contribution in [2.45, 2.75) is 32.8 Å². The van der Waals surface area contributed by atoms with E-state index in [0.717, 1.165) is 23.7 Å². The zero-order valence-electron chi connectivity index (χ0n) is 14.1. The maximum atomic E-state index is 12.3. The summed E-state index contributed by atoms with van der Waals surface area (Å²) < 4.78 is 45.6. The Morgan fingerprint density at radius 3 is 2.40 bits per heavy atom. The summed E-state index contributed by atoms with van der Waals surface area (Å²) in [6.45, 7) is 4.03. The summed E-state index contributed by atoms with van der Waals surface area (Å²) in [5, 5.41) is 2.66. The minimum atomic E-state index is -4.74. The zero-order valence-corrected chi connectivity index (χ0v) is 14.1. The van der Waals surface area contributed by atoms with Crippen LogP contribution in [0.4, 0.5) is 18.9 Å². The van der Waals surface area contributed by atoms with Crippen molar-refractivity contribution in [2.75, 3.05) is 12.4 Å². The van der Waals surface area contributed by atoms with Gasteiger partial charge in [-0.25, -0.2) is 0 Å². The molecule has 0 bridgehead atoms. The lowest BCUT2D eigenvalue weighted by Crippen LogP contribution is -2.39. The highest BCUT2D eigenvalue weighted by atomic mass is 19.4. The van der Waals surface area contributed by atoms with Crippen LogP contribution >= 0.6 is 0 Å². The number of nitrogens with zero attached hydrogens (tertiary/aromatic N) is 1. The normalized spacial score (nSPS) is 12.9. The van der Waals surface area contributed by atoms with Crippen molar-refractivity contribution in [1.82, 2.24) is 4.90 Å². The molecule has 2 rings (SSSR count). The Labute approximate surface area is 143 Å². The second-order valence-electron chi connectivity index (χ2n) is 5.66. The monoisotopic (exact) mass is 356 g/mol. The standard InChI is InChI=1S/C17H19F3N2O3/c1-11-4-7-15(24-11)10-22(3)12(2)16(23)21-13-5-8-14(9-6-13)25-17(18,19)20/h4-9,12H,10H2,1-3H3,(H,21,23)/t12-/m1/s1. The van der Waals surface area contributed by atoms with E-state index in [2.05, 4.69) is 10.1 Å². The Hall–Kier alpha value is -2.48. The molecule has 8 heteroatoms. The first-order valence-corrected chi connectivity index (χ1v) is 7.56. The minimum absolute atomic E-state index is 0.282. The number of alkyl halides is 3. The van der Waals surface area contributed by atoms with Gasteiger partial charge in [0.2, 0.25) is 5.91 Å². The molecule has 1 aromatic carbocycles. The summed E-state index contributed by atoms with van der Waals surface area (Å²) >= 11 is 0. The van der Waals surface area contributed by atoms with E-state index in [-0.39, 0.29) is 11.7 Å². The van der Waals surface area contributed by atoms with Crippen LogP contribution in [0.25, 0.3) is 0 Å². The molecular formula is C17H19F3N2O3. The second kappa shape index (κ2) is 7.60. The Bertz CT molecular complexity index is 711. The molecule has 0 aliphatic rings. The molecule has 136 valence electrons. The van der Waals surface area contributed by atoms with Crippen molar-refractivity contribution < 1.29 is 27.1 Å². The van der Waals surface area contributed by atoms with Crippen LogP contribution < -0.4 is 10.1 Å². The minimum Gasteiger partial charge on any atom is -0.465 e. The van der Waals surface area contributed by atoms with Gasteiger partial charge in [0.15, 0.2) is 0 Å². The van der Waals surface area contributed by atoms with Gasteiger partial charge in [-0.1, -0.05) is 0 Å². The fourth-order valence-corrected chi connectivity index (χ4v) is 2.14. The number of halogens is 3. The SMILES string of the molecule is Cc1ccc(CN(C)[C@H](C)C(=O)Nc2ccc(OC(F)(F)F)cc2)o1. The molecule has 0 radical (unpaired) electrons. The lowest BCUT2D eigenvalue weighted by atomic mass is 10.2. The number of amides is 1. The first-order chi connectivity index (χ1) is 11.6. The number of carbonyl (C=O) groups is 1. The highest BCUT2D eigenvalue weighted by Gasteiger charge is 2.31. The molecule has 1 N–H and O–H groups in total. The predicted molar refractivity (Wildman–Crippen MR) is 86.1 cm³/mol. The topological polar surface area (TPSA) is 54.7 Å². The highest BCUT2D eigenvalue weighted by Crippen LogP contribution is 2.24. The van der Waals surface area contributed by atoms with Gasteiger partial charge in [-0.05, 0) is 57.3 Å². The van der Waals surface area contributed by atoms with Crippen molar-refractivity contribution in [3.05, 3.63) is 47.9 Å². The van der Waals surface area contributed by atoms with Crippen molar-refractivity contribution in [1.29, 1.82) is 0 Å². The van der Waals surface area contributed by atoms with Crippen LogP contribution in [0.15, 0.2) is 40.8 Å². The van der Waals surface area contributed by atoms with Crippen molar-refractivity contribution in [3.63, 3.8) is 0 Å². The van der Waals surface area contributed by atoms with E-state index in [1.54, 1.807) is 18.9 Å². The third-order valence-corrected chi connectivity index (χ3v) is 3.60. The highest BCUT2D eigenvalue weighted by molar-refractivity contribution is 5.94. The average Bonchev–Trinajstić information content (AvgIpc) is 2.92. The fourth-order valence-electron chi connectivity index (χ4n) is 2.14. The van der Waals surface area contributed by atoms with Crippen LogP contribution in [-0.2, 0) is 11.3 Å². The van der Waals surface area contributed by atoms with Gasteiger partial charge in [0.1, 0.15) is 17.3 Å². The molecule has 1 aromatic heterocycles. The molecule has 1 amide bonds. The molecule has 0 saturated heterocycles. The van der Waals surface area contributed by atoms with Crippen LogP contribution in [0.5, 0.6) is 5.75 Å². The molecule has 25 heavy (non-hydrogen) atoms. The maximum Gasteiger partial charge on any atom is 0.573 e. The summed E-state index contributed by atoms with van der Waals surface area (Å²) in [5.41, 5.74) is 0.383. The van der Waals surface area contributed by atoms with Crippen molar-refractivity contribution >= 4 is 11.6 Å². The Morgan fingerprint density at radius 1 is 1.24 bits per heavy atom. The van der Waals surface area contributed by atoms with Crippen LogP contribution in [-0.4, -0.2) is 30.3 Å². The first kappa shape index (κ1) is 18.9. The number of aryl methyl sites for hydroxylation is 1. The number of ether oxygens (including phenoxy) is 1. The molecule has 5 nitrogen and oxygen atoms in total. The Balaban J connectivity index is 1.91. The van der Waals surface area contributed by atoms with Crippen LogP contribution in [0.3, 0.4) is 0 Å². The van der Waals surface area contributed by atoms with E-state index < -0.39 is 12.4 Å². The van der Waals surface area contributed by atoms with Gasteiger partial charge in [0.25, 0.3) is 0 Å². The number of hydrogen-bond donors (Lipinski definition) is 1. The number of carbonyl (C=O) groups excluding carboxylic acids is 1. The summed E-state index contributed by atoms with van der Waals surface area (Å²) in [7, 11) is 1.78. The number of furan rings is 1. The molecule has 1 atom stereocenters. The quantitative estimate of drug-likeness (QED) is 0.852. The number of benzene rings is 1. The van der Waals surface area contributed by atoms with Crippen molar-refractivity contribution in [2.24, 2.45) is 0 Å². The van der Waals surface area contributed by atoms with E-state index in [1.807, 2.05) is 19.1 Å². The summed E-state index contributed by atoms with van der Waals surface area (Å²) in [6, 6.07) is 8.21. The number of rotatable bonds is 6. The van der Waals surface area contributed by atoms with Gasteiger partial charge in [0.05, 0.1) is 12.6 Å². The number of nitrogens with one attached hydrogen (secondary N) is 1. The van der Waals surface area contributed by atoms with Gasteiger partial charge < -0.3 is 14.5 Å². The number of hydrogen-bond acceptors (Lipinski definition) is 4. The third kappa shape index (κ3) is 5.82. The van der Waals surface area contributed by atoms with E-state index in [0.29, 0.717) is 12.2 Å². The molecule has 0 unspecified atom stereocenters. The van der Waals surface area contributed by atoms with Gasteiger partial charge in [-0.2, -0.15) is 0 Å². The molecule has 2 aromatic rings. The van der Waals surface area contributed by atoms with Crippen LogP contribution in [0.1, 0.15) is 18.4 Å². The zero-order chi connectivity index (χ0) is 18.6. The fraction of sp³-hybridized carbons (Fsp3) is 0.353.